The second kappa shape index (κ2) is 10.2. The fourth-order valence-corrected chi connectivity index (χ4v) is 8.02. The van der Waals surface area contributed by atoms with Crippen LogP contribution in [0.5, 0.6) is 0 Å². The highest BCUT2D eigenvalue weighted by atomic mass is 32.2. The summed E-state index contributed by atoms with van der Waals surface area (Å²) in [6, 6.07) is 9.39. The lowest BCUT2D eigenvalue weighted by molar-refractivity contribution is -0.142. The summed E-state index contributed by atoms with van der Waals surface area (Å²) in [6.07, 6.45) is 3.81. The average molecular weight is 627 g/mol. The van der Waals surface area contributed by atoms with Gasteiger partial charge in [0.2, 0.25) is 9.84 Å². The molecule has 9 nitrogen and oxygen atoms in total. The number of rotatable bonds is 7. The van der Waals surface area contributed by atoms with Crippen LogP contribution in [0, 0.1) is 11.2 Å². The normalized spacial score (nSPS) is 21.8. The Bertz CT molecular complexity index is 1890. The molecule has 0 amide bonds. The minimum absolute atomic E-state index is 0.116. The first-order valence-corrected chi connectivity index (χ1v) is 15.7. The van der Waals surface area contributed by atoms with Crippen LogP contribution in [-0.2, 0) is 22.8 Å². The number of allylic oxidation sites excluding steroid dienone is 1. The monoisotopic (exact) mass is 626 g/mol. The second-order valence-electron chi connectivity index (χ2n) is 11.7. The van der Waals surface area contributed by atoms with E-state index in [9.17, 15) is 30.8 Å². The van der Waals surface area contributed by atoms with Crippen LogP contribution in [-0.4, -0.2) is 55.2 Å². The Labute approximate surface area is 249 Å². The van der Waals surface area contributed by atoms with E-state index in [-0.39, 0.29) is 37.2 Å². The van der Waals surface area contributed by atoms with Crippen molar-refractivity contribution in [3.63, 3.8) is 0 Å². The Kier molecular flexibility index (Phi) is 6.61. The topological polar surface area (TPSA) is 113 Å². The van der Waals surface area contributed by atoms with Crippen molar-refractivity contribution < 1.29 is 30.8 Å². The van der Waals surface area contributed by atoms with Gasteiger partial charge in [0.25, 0.3) is 5.16 Å². The van der Waals surface area contributed by atoms with Gasteiger partial charge >= 0.3 is 6.18 Å². The van der Waals surface area contributed by atoms with E-state index < -0.39 is 44.2 Å². The first-order chi connectivity index (χ1) is 20.9. The van der Waals surface area contributed by atoms with Gasteiger partial charge in [0.15, 0.2) is 5.78 Å². The number of ketones is 1. The van der Waals surface area contributed by atoms with Crippen molar-refractivity contribution in [2.45, 2.75) is 67.6 Å². The van der Waals surface area contributed by atoms with Gasteiger partial charge in [0, 0.05) is 6.20 Å². The molecule has 0 unspecified atom stereocenters. The average Bonchev–Trinajstić information content (AvgIpc) is 3.61. The number of carbonyl (C=O) groups excluding carboxylic acids is 1. The lowest BCUT2D eigenvalue weighted by Crippen LogP contribution is -2.46. The number of aromatic nitrogens is 6. The van der Waals surface area contributed by atoms with E-state index in [0.717, 1.165) is 24.7 Å². The van der Waals surface area contributed by atoms with Crippen LogP contribution < -0.4 is 0 Å². The largest absolute Gasteiger partial charge is 0.408 e. The van der Waals surface area contributed by atoms with Gasteiger partial charge in [0.05, 0.1) is 28.2 Å². The van der Waals surface area contributed by atoms with E-state index in [0.29, 0.717) is 33.1 Å². The van der Waals surface area contributed by atoms with Gasteiger partial charge in [-0.3, -0.25) is 9.78 Å². The van der Waals surface area contributed by atoms with E-state index in [1.165, 1.54) is 12.1 Å². The molecule has 2 fully saturated rings. The molecule has 0 N–H and O–H groups in total. The molecule has 44 heavy (non-hydrogen) atoms. The van der Waals surface area contributed by atoms with Gasteiger partial charge in [0.1, 0.15) is 24.4 Å². The molecule has 1 aromatic carbocycles. The van der Waals surface area contributed by atoms with E-state index in [4.69, 9.17) is 0 Å². The Morgan fingerprint density at radius 3 is 2.48 bits per heavy atom. The van der Waals surface area contributed by atoms with Gasteiger partial charge in [-0.15, -0.1) is 5.10 Å². The fraction of sp³-hybridized carbons (Fsp3) is 0.367. The van der Waals surface area contributed by atoms with Gasteiger partial charge in [-0.25, -0.2) is 27.2 Å². The number of halogens is 4. The number of sulfone groups is 1. The zero-order valence-electron chi connectivity index (χ0n) is 23.2. The lowest BCUT2D eigenvalue weighted by Gasteiger charge is -2.43. The molecule has 0 spiro atoms. The van der Waals surface area contributed by atoms with Crippen LogP contribution >= 0.6 is 0 Å². The zero-order valence-corrected chi connectivity index (χ0v) is 24.0. The molecule has 0 saturated heterocycles. The Balaban J connectivity index is 1.27. The highest BCUT2D eigenvalue weighted by Gasteiger charge is 2.52. The second-order valence-corrected chi connectivity index (χ2v) is 13.8. The summed E-state index contributed by atoms with van der Waals surface area (Å²) in [5.41, 5.74) is 2.72. The predicted octanol–water partition coefficient (Wildman–Crippen LogP) is 5.27. The molecular formula is C30H26F4N6O3S. The van der Waals surface area contributed by atoms with Gasteiger partial charge in [-0.1, -0.05) is 11.6 Å². The minimum atomic E-state index is -4.60. The van der Waals surface area contributed by atoms with E-state index in [1.54, 1.807) is 35.3 Å². The summed E-state index contributed by atoms with van der Waals surface area (Å²) < 4.78 is 81.8. The Hall–Kier alpha value is -4.20. The third-order valence-corrected chi connectivity index (χ3v) is 10.7. The molecule has 7 rings (SSSR count). The van der Waals surface area contributed by atoms with E-state index >= 15 is 0 Å². The number of pyridine rings is 1. The maximum Gasteiger partial charge on any atom is 0.408 e. The summed E-state index contributed by atoms with van der Waals surface area (Å²) in [4.78, 5) is 22.6. The number of benzene rings is 1. The quantitative estimate of drug-likeness (QED) is 0.203. The summed E-state index contributed by atoms with van der Waals surface area (Å²) >= 11 is 0. The lowest BCUT2D eigenvalue weighted by atomic mass is 9.61. The first kappa shape index (κ1) is 28.6. The van der Waals surface area contributed by atoms with Crippen LogP contribution in [0.25, 0.3) is 11.8 Å². The molecule has 0 aliphatic heterocycles. The molecule has 3 aliphatic carbocycles. The van der Waals surface area contributed by atoms with Gasteiger partial charge in [-0.05, 0) is 92.0 Å². The zero-order chi connectivity index (χ0) is 30.9. The molecule has 3 aromatic heterocycles. The van der Waals surface area contributed by atoms with Crippen molar-refractivity contribution in [2.75, 3.05) is 0 Å². The Morgan fingerprint density at radius 2 is 1.80 bits per heavy atom. The molecule has 3 heterocycles. The summed E-state index contributed by atoms with van der Waals surface area (Å²) in [6.45, 7) is -1.47. The van der Waals surface area contributed by atoms with Crippen LogP contribution in [0.15, 0.2) is 65.8 Å². The highest BCUT2D eigenvalue weighted by Crippen LogP contribution is 2.52. The van der Waals surface area contributed by atoms with Crippen molar-refractivity contribution >= 4 is 21.7 Å². The van der Waals surface area contributed by atoms with Crippen LogP contribution in [0.3, 0.4) is 0 Å². The predicted molar refractivity (Wildman–Crippen MR) is 149 cm³/mol. The maximum absolute atomic E-state index is 14.4. The summed E-state index contributed by atoms with van der Waals surface area (Å²) in [5.74, 6) is -0.291. The third kappa shape index (κ3) is 5.04. The number of alkyl halides is 3. The third-order valence-electron chi connectivity index (χ3n) is 8.74. The van der Waals surface area contributed by atoms with Crippen LogP contribution in [0.1, 0.15) is 65.3 Å². The molecule has 0 radical (unpaired) electrons. The van der Waals surface area contributed by atoms with Crippen molar-refractivity contribution in [2.24, 2.45) is 5.41 Å². The molecule has 3 aliphatic rings. The van der Waals surface area contributed by atoms with Crippen molar-refractivity contribution in [3.8, 4) is 5.69 Å². The molecule has 2 atom stereocenters. The van der Waals surface area contributed by atoms with Crippen LogP contribution in [0.4, 0.5) is 17.6 Å². The molecule has 228 valence electrons. The standard InChI is InChI=1S/C30H26F4N6O3S/c31-22-5-7-23(8-6-22)40-26-11-21-4-9-24(44(42,43)28-36-17-39(38-28)16-30(32,33)34)13-29(21,12-20(26)15-37-40)27(41)25-10-3-19(14-35-25)18-1-2-18/h3,5-8,10-11,14-15,17-18,24H,1-2,4,9,12-13,16H2/t24-,29-/m0/s1. The van der Waals surface area contributed by atoms with E-state index in [2.05, 4.69) is 20.2 Å². The number of hydrogen-bond donors (Lipinski definition) is 0. The number of nitrogens with zero attached hydrogens (tertiary/aromatic N) is 6. The van der Waals surface area contributed by atoms with Crippen molar-refractivity contribution in [1.82, 2.24) is 29.5 Å². The summed E-state index contributed by atoms with van der Waals surface area (Å²) in [5, 5.41) is 6.30. The number of carbonyl (C=O) groups is 1. The fourth-order valence-electron chi connectivity index (χ4n) is 6.38. The smallest absolute Gasteiger partial charge is 0.291 e. The van der Waals surface area contributed by atoms with Gasteiger partial charge in [-0.2, -0.15) is 18.3 Å². The first-order valence-electron chi connectivity index (χ1n) is 14.2. The van der Waals surface area contributed by atoms with Crippen molar-refractivity contribution in [3.05, 3.63) is 89.0 Å². The number of fused-ring (bicyclic) bond motifs is 2. The number of Topliss-reactive ketones (excluding diaryl/α,β-unsaturated/α-hetero) is 1. The molecular weight excluding hydrogens is 600 g/mol. The molecule has 14 heteroatoms. The molecule has 0 bridgehead atoms. The minimum Gasteiger partial charge on any atom is -0.291 e. The number of hydrogen-bond acceptors (Lipinski definition) is 7. The van der Waals surface area contributed by atoms with Gasteiger partial charge < -0.3 is 0 Å². The SMILES string of the molecule is O=C(c1ccc(C2CC2)cn1)[C@]12Cc3cnn(-c4ccc(F)cc4)c3C=C1CC[C@H](S(=O)(=O)c1ncn(CC(F)(F)F)n1)C2. The van der Waals surface area contributed by atoms with Crippen LogP contribution in [0.2, 0.25) is 0 Å². The molecule has 2 saturated carbocycles. The Morgan fingerprint density at radius 1 is 1.02 bits per heavy atom. The maximum atomic E-state index is 14.4. The summed E-state index contributed by atoms with van der Waals surface area (Å²) in [7, 11) is -4.30. The van der Waals surface area contributed by atoms with Crippen molar-refractivity contribution in [1.29, 1.82) is 0 Å². The van der Waals surface area contributed by atoms with E-state index in [1.807, 2.05) is 12.1 Å². The highest BCUT2D eigenvalue weighted by molar-refractivity contribution is 7.91. The molecule has 4 aromatic rings.